The van der Waals surface area contributed by atoms with Crippen molar-refractivity contribution in [1.82, 2.24) is 19.1 Å². The zero-order valence-corrected chi connectivity index (χ0v) is 37.2. The number of benzene rings is 9. The highest BCUT2D eigenvalue weighted by Crippen LogP contribution is 2.41. The van der Waals surface area contributed by atoms with Crippen LogP contribution >= 0.6 is 0 Å². The standard InChI is InChI=1S/C62H34N8/c63-35-39-26-40(36-64)29-46(28-39)44-22-24-50-48-14-4-8-18-56(48)69(60(50)32-44)58-20-10-6-16-52(58)54-34-55(68-62(67-54)43-12-2-1-3-13-43)53-17-7-11-21-59(53)70-57-19-9-5-15-49(57)51-25-23-45(33-61(51)70)47-30-41(37-65)27-42(31-47)38-66/h1-34H. The first-order chi connectivity index (χ1) is 34.5. The van der Waals surface area contributed by atoms with Crippen molar-refractivity contribution < 1.29 is 0 Å². The van der Waals surface area contributed by atoms with Crippen molar-refractivity contribution in [1.29, 1.82) is 21.0 Å². The summed E-state index contributed by atoms with van der Waals surface area (Å²) in [5, 5.41) is 43.7. The second kappa shape index (κ2) is 16.8. The summed E-state index contributed by atoms with van der Waals surface area (Å²) in [5.74, 6) is 0.572. The number of aromatic nitrogens is 4. The molecule has 322 valence electrons. The van der Waals surface area contributed by atoms with Crippen LogP contribution in [0.3, 0.4) is 0 Å². The van der Waals surface area contributed by atoms with E-state index in [9.17, 15) is 21.0 Å². The van der Waals surface area contributed by atoms with Crippen molar-refractivity contribution in [3.05, 3.63) is 229 Å². The predicted octanol–water partition coefficient (Wildman–Crippen LogP) is 14.5. The maximum absolute atomic E-state index is 9.85. The fraction of sp³-hybridized carbons (Fsp3) is 0. The SMILES string of the molecule is N#Cc1cc(C#N)cc(-c2ccc3c4ccccc4n(-c4ccccc4-c4cc(-c5ccccc5-n5c6ccccc6c6ccc(-c7cc(C#N)cc(C#N)c7)cc65)nc(-c5ccccc5)n4)c3c2)c1. The summed E-state index contributed by atoms with van der Waals surface area (Å²) in [6.07, 6.45) is 0. The van der Waals surface area contributed by atoms with Crippen LogP contribution in [0.2, 0.25) is 0 Å². The fourth-order valence-electron chi connectivity index (χ4n) is 9.88. The van der Waals surface area contributed by atoms with Crippen molar-refractivity contribution in [3.8, 4) is 91.8 Å². The number of nitriles is 4. The molecule has 0 aliphatic heterocycles. The van der Waals surface area contributed by atoms with Gasteiger partial charge in [0.25, 0.3) is 0 Å². The molecule has 3 aromatic heterocycles. The summed E-state index contributed by atoms with van der Waals surface area (Å²) in [6, 6.07) is 77.5. The van der Waals surface area contributed by atoms with Gasteiger partial charge in [-0.05, 0) is 101 Å². The van der Waals surface area contributed by atoms with Crippen LogP contribution < -0.4 is 0 Å². The van der Waals surface area contributed by atoms with E-state index in [1.807, 2.05) is 78.9 Å². The second-order valence-electron chi connectivity index (χ2n) is 17.1. The largest absolute Gasteiger partial charge is 0.309 e. The number of fused-ring (bicyclic) bond motifs is 6. The first kappa shape index (κ1) is 41.1. The molecule has 0 atom stereocenters. The molecule has 3 heterocycles. The van der Waals surface area contributed by atoms with Crippen molar-refractivity contribution in [2.45, 2.75) is 0 Å². The Hall–Kier alpha value is -10.4. The third kappa shape index (κ3) is 6.90. The quantitative estimate of drug-likeness (QED) is 0.157. The van der Waals surface area contributed by atoms with Gasteiger partial charge >= 0.3 is 0 Å². The van der Waals surface area contributed by atoms with Crippen molar-refractivity contribution in [2.75, 3.05) is 0 Å². The van der Waals surface area contributed by atoms with E-state index in [1.165, 1.54) is 0 Å². The van der Waals surface area contributed by atoms with Crippen molar-refractivity contribution in [3.63, 3.8) is 0 Å². The third-order valence-electron chi connectivity index (χ3n) is 13.0. The molecule has 8 heteroatoms. The maximum Gasteiger partial charge on any atom is 0.160 e. The van der Waals surface area contributed by atoms with Crippen LogP contribution in [-0.4, -0.2) is 19.1 Å². The van der Waals surface area contributed by atoms with Crippen LogP contribution in [0.1, 0.15) is 22.3 Å². The predicted molar refractivity (Wildman–Crippen MR) is 277 cm³/mol. The van der Waals surface area contributed by atoms with E-state index < -0.39 is 0 Å². The van der Waals surface area contributed by atoms with Crippen LogP contribution in [0.5, 0.6) is 0 Å². The molecule has 0 N–H and O–H groups in total. The zero-order valence-electron chi connectivity index (χ0n) is 37.2. The van der Waals surface area contributed by atoms with Gasteiger partial charge in [-0.15, -0.1) is 0 Å². The first-order valence-electron chi connectivity index (χ1n) is 22.6. The van der Waals surface area contributed by atoms with Gasteiger partial charge in [0.1, 0.15) is 0 Å². The lowest BCUT2D eigenvalue weighted by Crippen LogP contribution is -2.02. The summed E-state index contributed by atoms with van der Waals surface area (Å²) in [5.41, 5.74) is 15.0. The average molecular weight is 891 g/mol. The van der Waals surface area contributed by atoms with Gasteiger partial charge in [0.05, 0.1) is 91.4 Å². The summed E-state index contributed by atoms with van der Waals surface area (Å²) in [7, 11) is 0. The second-order valence-corrected chi connectivity index (χ2v) is 17.1. The molecule has 0 saturated heterocycles. The molecule has 12 rings (SSSR count). The fourth-order valence-corrected chi connectivity index (χ4v) is 9.88. The van der Waals surface area contributed by atoms with Crippen LogP contribution in [0.4, 0.5) is 0 Å². The van der Waals surface area contributed by atoms with E-state index >= 15 is 0 Å². The summed E-state index contributed by atoms with van der Waals surface area (Å²) in [4.78, 5) is 10.7. The van der Waals surface area contributed by atoms with Crippen molar-refractivity contribution in [2.24, 2.45) is 0 Å². The van der Waals surface area contributed by atoms with Gasteiger partial charge in [0.2, 0.25) is 0 Å². The van der Waals surface area contributed by atoms with Crippen LogP contribution in [0.15, 0.2) is 206 Å². The minimum atomic E-state index is 0.427. The Morgan fingerprint density at radius 2 is 0.686 bits per heavy atom. The van der Waals surface area contributed by atoms with E-state index in [2.05, 4.69) is 149 Å². The van der Waals surface area contributed by atoms with E-state index in [4.69, 9.17) is 9.97 Å². The Kier molecular flexibility index (Phi) is 9.86. The normalized spacial score (nSPS) is 11.1. The Balaban J connectivity index is 1.09. The lowest BCUT2D eigenvalue weighted by Gasteiger charge is -2.17. The molecule has 0 bridgehead atoms. The third-order valence-corrected chi connectivity index (χ3v) is 13.0. The van der Waals surface area contributed by atoms with Crippen LogP contribution in [0, 0.1) is 45.3 Å². The van der Waals surface area contributed by atoms with Gasteiger partial charge in [0.15, 0.2) is 5.82 Å². The number of nitrogens with zero attached hydrogens (tertiary/aromatic N) is 8. The van der Waals surface area contributed by atoms with Gasteiger partial charge in [-0.2, -0.15) is 21.0 Å². The number of hydrogen-bond donors (Lipinski definition) is 0. The molecule has 9 aromatic carbocycles. The molecule has 0 unspecified atom stereocenters. The average Bonchev–Trinajstić information content (AvgIpc) is 3.94. The Morgan fingerprint density at radius 3 is 1.13 bits per heavy atom. The molecule has 0 spiro atoms. The van der Waals surface area contributed by atoms with E-state index in [0.717, 1.165) is 105 Å². The van der Waals surface area contributed by atoms with E-state index in [0.29, 0.717) is 28.1 Å². The Morgan fingerprint density at radius 1 is 0.300 bits per heavy atom. The molecule has 8 nitrogen and oxygen atoms in total. The number of para-hydroxylation sites is 4. The topological polar surface area (TPSA) is 131 Å². The molecule has 0 radical (unpaired) electrons. The smallest absolute Gasteiger partial charge is 0.160 e. The van der Waals surface area contributed by atoms with Crippen LogP contribution in [0.25, 0.3) is 111 Å². The molecule has 0 aliphatic rings. The number of rotatable bonds is 7. The van der Waals surface area contributed by atoms with Gasteiger partial charge in [0, 0.05) is 38.2 Å². The zero-order chi connectivity index (χ0) is 47.3. The number of hydrogen-bond acceptors (Lipinski definition) is 6. The summed E-state index contributed by atoms with van der Waals surface area (Å²) < 4.78 is 4.56. The summed E-state index contributed by atoms with van der Waals surface area (Å²) >= 11 is 0. The highest BCUT2D eigenvalue weighted by atomic mass is 15.0. The Bertz CT molecular complexity index is 3980. The summed E-state index contributed by atoms with van der Waals surface area (Å²) in [6.45, 7) is 0. The molecule has 12 aromatic rings. The van der Waals surface area contributed by atoms with Crippen LogP contribution in [-0.2, 0) is 0 Å². The lowest BCUT2D eigenvalue weighted by atomic mass is 9.99. The Labute approximate surface area is 402 Å². The minimum Gasteiger partial charge on any atom is -0.309 e. The molecule has 70 heavy (non-hydrogen) atoms. The van der Waals surface area contributed by atoms with Gasteiger partial charge in [-0.1, -0.05) is 127 Å². The monoisotopic (exact) mass is 890 g/mol. The van der Waals surface area contributed by atoms with Gasteiger partial charge < -0.3 is 9.13 Å². The van der Waals surface area contributed by atoms with Gasteiger partial charge in [-0.3, -0.25) is 0 Å². The molecular weight excluding hydrogens is 857 g/mol. The van der Waals surface area contributed by atoms with Crippen molar-refractivity contribution >= 4 is 43.6 Å². The maximum atomic E-state index is 9.85. The minimum absolute atomic E-state index is 0.427. The van der Waals surface area contributed by atoms with E-state index in [-0.39, 0.29) is 0 Å². The first-order valence-corrected chi connectivity index (χ1v) is 22.6. The lowest BCUT2D eigenvalue weighted by molar-refractivity contribution is 1.14. The van der Waals surface area contributed by atoms with Gasteiger partial charge in [-0.25, -0.2) is 9.97 Å². The molecule has 0 saturated carbocycles. The highest BCUT2D eigenvalue weighted by molar-refractivity contribution is 6.12. The molecule has 0 amide bonds. The molecule has 0 fully saturated rings. The van der Waals surface area contributed by atoms with E-state index in [1.54, 1.807) is 12.1 Å². The molecule has 0 aliphatic carbocycles. The highest BCUT2D eigenvalue weighted by Gasteiger charge is 2.22. The molecular formula is C62H34N8.